The van der Waals surface area contributed by atoms with E-state index in [-0.39, 0.29) is 0 Å². The van der Waals surface area contributed by atoms with Crippen molar-refractivity contribution in [2.24, 2.45) is 0 Å². The van der Waals surface area contributed by atoms with Crippen molar-refractivity contribution >= 4 is 65.1 Å². The molecule has 1 nitrogen and oxygen atoms in total. The van der Waals surface area contributed by atoms with Gasteiger partial charge in [-0.25, -0.2) is 0 Å². The Morgan fingerprint density at radius 3 is 2.13 bits per heavy atom. The van der Waals surface area contributed by atoms with Crippen molar-refractivity contribution in [2.45, 2.75) is 55.6 Å². The fourth-order valence-electron chi connectivity index (χ4n) is 7.76. The van der Waals surface area contributed by atoms with Crippen LogP contribution in [0.25, 0.3) is 64.2 Å². The molecule has 220 valence electrons. The van der Waals surface area contributed by atoms with Crippen LogP contribution in [0.5, 0.6) is 0 Å². The molecule has 1 N–H and O–H groups in total. The molecular formula is C42H35NS2. The van der Waals surface area contributed by atoms with Crippen LogP contribution in [0.15, 0.2) is 120 Å². The maximum Gasteiger partial charge on any atom is 0.0465 e. The van der Waals surface area contributed by atoms with E-state index in [0.717, 1.165) is 6.42 Å². The summed E-state index contributed by atoms with van der Waals surface area (Å²) >= 11 is 4.05. The third kappa shape index (κ3) is 4.28. The SMILES string of the molecule is CCCC1=CC=CC2c3cccc(-c4ccc5[nH]c6ccc(-c7cccc8c7sc7c(CCC)cccc78)cc6c5c4)c3SC12. The van der Waals surface area contributed by atoms with Gasteiger partial charge in [-0.1, -0.05) is 117 Å². The predicted octanol–water partition coefficient (Wildman–Crippen LogP) is 12.8. The highest BCUT2D eigenvalue weighted by Crippen LogP contribution is 2.54. The summed E-state index contributed by atoms with van der Waals surface area (Å²) in [6.07, 6.45) is 11.7. The third-order valence-electron chi connectivity index (χ3n) is 9.85. The van der Waals surface area contributed by atoms with Crippen LogP contribution < -0.4 is 0 Å². The number of H-pyrrole nitrogens is 1. The van der Waals surface area contributed by atoms with Crippen molar-refractivity contribution in [2.75, 3.05) is 0 Å². The molecule has 2 unspecified atom stereocenters. The molecule has 3 heterocycles. The number of aromatic nitrogens is 1. The van der Waals surface area contributed by atoms with Crippen LogP contribution in [-0.2, 0) is 6.42 Å². The van der Waals surface area contributed by atoms with Crippen LogP contribution in [0.1, 0.15) is 50.2 Å². The largest absolute Gasteiger partial charge is 0.355 e. The van der Waals surface area contributed by atoms with Gasteiger partial charge >= 0.3 is 0 Å². The molecule has 0 spiro atoms. The first-order valence-corrected chi connectivity index (χ1v) is 18.1. The number of hydrogen-bond acceptors (Lipinski definition) is 2. The van der Waals surface area contributed by atoms with Crippen LogP contribution in [0.2, 0.25) is 0 Å². The highest BCUT2D eigenvalue weighted by molar-refractivity contribution is 8.00. The van der Waals surface area contributed by atoms with E-state index in [0.29, 0.717) is 11.2 Å². The number of rotatable bonds is 6. The monoisotopic (exact) mass is 617 g/mol. The molecule has 1 aliphatic heterocycles. The molecule has 2 aliphatic rings. The second kappa shape index (κ2) is 10.8. The molecule has 2 aromatic heterocycles. The number of nitrogens with one attached hydrogen (secondary N) is 1. The van der Waals surface area contributed by atoms with Crippen molar-refractivity contribution in [3.8, 4) is 22.3 Å². The molecule has 7 aromatic rings. The number of hydrogen-bond donors (Lipinski definition) is 1. The number of aromatic amines is 1. The first-order chi connectivity index (χ1) is 22.2. The maximum atomic E-state index is 3.71. The Hall–Kier alpha value is -4.05. The molecule has 45 heavy (non-hydrogen) atoms. The molecule has 0 bridgehead atoms. The molecule has 0 radical (unpaired) electrons. The second-order valence-corrected chi connectivity index (χ2v) is 14.8. The summed E-state index contributed by atoms with van der Waals surface area (Å²) in [5, 5.41) is 5.87. The molecule has 2 atom stereocenters. The lowest BCUT2D eigenvalue weighted by molar-refractivity contribution is 0.775. The summed E-state index contributed by atoms with van der Waals surface area (Å²) in [6.45, 7) is 4.56. The van der Waals surface area contributed by atoms with E-state index >= 15 is 0 Å². The Bertz CT molecular complexity index is 2350. The second-order valence-electron chi connectivity index (χ2n) is 12.6. The highest BCUT2D eigenvalue weighted by Gasteiger charge is 2.36. The quantitative estimate of drug-likeness (QED) is 0.196. The van der Waals surface area contributed by atoms with E-state index in [9.17, 15) is 0 Å². The highest BCUT2D eigenvalue weighted by atomic mass is 32.2. The normalized spacial score (nSPS) is 17.4. The van der Waals surface area contributed by atoms with Crippen molar-refractivity contribution in [1.82, 2.24) is 4.98 Å². The van der Waals surface area contributed by atoms with Crippen LogP contribution in [0.4, 0.5) is 0 Å². The molecule has 0 amide bonds. The van der Waals surface area contributed by atoms with Crippen LogP contribution >= 0.6 is 23.1 Å². The van der Waals surface area contributed by atoms with E-state index in [1.54, 1.807) is 5.57 Å². The van der Waals surface area contributed by atoms with E-state index in [4.69, 9.17) is 0 Å². The van der Waals surface area contributed by atoms with Gasteiger partial charge in [0, 0.05) is 58.0 Å². The molecule has 0 saturated heterocycles. The lowest BCUT2D eigenvalue weighted by Crippen LogP contribution is -2.13. The molecule has 9 rings (SSSR count). The zero-order chi connectivity index (χ0) is 30.1. The zero-order valence-corrected chi connectivity index (χ0v) is 27.3. The Balaban J connectivity index is 1.17. The first kappa shape index (κ1) is 27.3. The minimum absolute atomic E-state index is 0.477. The summed E-state index contributed by atoms with van der Waals surface area (Å²) < 4.78 is 2.83. The minimum atomic E-state index is 0.477. The molecule has 3 heteroatoms. The minimum Gasteiger partial charge on any atom is -0.355 e. The van der Waals surface area contributed by atoms with Gasteiger partial charge in [0.2, 0.25) is 0 Å². The Morgan fingerprint density at radius 2 is 1.36 bits per heavy atom. The van der Waals surface area contributed by atoms with Crippen molar-refractivity contribution < 1.29 is 0 Å². The number of thioether (sulfide) groups is 1. The van der Waals surface area contributed by atoms with Gasteiger partial charge in [-0.2, -0.15) is 0 Å². The average molecular weight is 618 g/mol. The van der Waals surface area contributed by atoms with E-state index in [1.165, 1.54) is 99.5 Å². The lowest BCUT2D eigenvalue weighted by atomic mass is 9.85. The predicted molar refractivity (Wildman–Crippen MR) is 198 cm³/mol. The summed E-state index contributed by atoms with van der Waals surface area (Å²) in [5.74, 6) is 0.477. The smallest absolute Gasteiger partial charge is 0.0465 e. The number of fused-ring (bicyclic) bond motifs is 9. The molecule has 0 saturated carbocycles. The van der Waals surface area contributed by atoms with Gasteiger partial charge in [-0.15, -0.1) is 23.1 Å². The Kier molecular flexibility index (Phi) is 6.54. The average Bonchev–Trinajstić information content (AvgIpc) is 3.76. The van der Waals surface area contributed by atoms with Gasteiger partial charge in [-0.05, 0) is 70.5 Å². The maximum absolute atomic E-state index is 3.71. The molecule has 1 aliphatic carbocycles. The molecular weight excluding hydrogens is 583 g/mol. The van der Waals surface area contributed by atoms with Gasteiger partial charge in [0.15, 0.2) is 0 Å². The number of benzene rings is 5. The van der Waals surface area contributed by atoms with Crippen LogP contribution in [0.3, 0.4) is 0 Å². The number of aryl methyl sites for hydroxylation is 1. The fourth-order valence-corrected chi connectivity index (χ4v) is 10.8. The summed E-state index contributed by atoms with van der Waals surface area (Å²) in [5.41, 5.74) is 12.2. The van der Waals surface area contributed by atoms with E-state index in [1.807, 2.05) is 11.3 Å². The van der Waals surface area contributed by atoms with Gasteiger partial charge in [0.1, 0.15) is 0 Å². The van der Waals surface area contributed by atoms with Crippen molar-refractivity contribution in [3.05, 3.63) is 126 Å². The molecule has 5 aromatic carbocycles. The third-order valence-corrected chi connectivity index (χ3v) is 12.7. The summed E-state index contributed by atoms with van der Waals surface area (Å²) in [6, 6.07) is 34.6. The van der Waals surface area contributed by atoms with Crippen molar-refractivity contribution in [3.63, 3.8) is 0 Å². The van der Waals surface area contributed by atoms with E-state index in [2.05, 4.69) is 140 Å². The standard InChI is InChI=1S/C42H35NS2/c1-3-9-25-11-5-15-31-33-17-7-13-29(41(33)44-39(25)31)27-19-21-37-35(23-27)36-24-28(20-22-38(36)43-37)30-14-8-18-34-32-16-6-12-26(10-4-2)40(32)45-42(30)34/h5-8,11-24,31,39,43H,3-4,9-10H2,1-2H3. The van der Waals surface area contributed by atoms with Crippen molar-refractivity contribution in [1.29, 1.82) is 0 Å². The fraction of sp³-hybridized carbons (Fsp3) is 0.190. The molecule has 0 fully saturated rings. The topological polar surface area (TPSA) is 15.8 Å². The summed E-state index contributed by atoms with van der Waals surface area (Å²) in [4.78, 5) is 5.17. The number of allylic oxidation sites excluding steroid dienone is 3. The Labute approximate surface area is 272 Å². The van der Waals surface area contributed by atoms with E-state index < -0.39 is 0 Å². The zero-order valence-electron chi connectivity index (χ0n) is 25.7. The van der Waals surface area contributed by atoms with Crippen LogP contribution in [-0.4, -0.2) is 10.2 Å². The lowest BCUT2D eigenvalue weighted by Gasteiger charge is -2.22. The van der Waals surface area contributed by atoms with Crippen LogP contribution in [0, 0.1) is 0 Å². The van der Waals surface area contributed by atoms with Gasteiger partial charge in [0.25, 0.3) is 0 Å². The van der Waals surface area contributed by atoms with Gasteiger partial charge in [-0.3, -0.25) is 0 Å². The first-order valence-electron chi connectivity index (χ1n) is 16.4. The number of thiophene rings is 1. The summed E-state index contributed by atoms with van der Waals surface area (Å²) in [7, 11) is 0. The Morgan fingerprint density at radius 1 is 0.667 bits per heavy atom. The van der Waals surface area contributed by atoms with Gasteiger partial charge < -0.3 is 4.98 Å². The van der Waals surface area contributed by atoms with Gasteiger partial charge in [0.05, 0.1) is 0 Å².